The zero-order chi connectivity index (χ0) is 13.1. The fourth-order valence-electron chi connectivity index (χ4n) is 2.92. The molecule has 18 heavy (non-hydrogen) atoms. The molecule has 0 spiro atoms. The zero-order valence-corrected chi connectivity index (χ0v) is 12.3. The van der Waals surface area contributed by atoms with Gasteiger partial charge >= 0.3 is 0 Å². The van der Waals surface area contributed by atoms with Crippen LogP contribution in [0.15, 0.2) is 22.7 Å². The molecule has 0 aromatic heterocycles. The molecule has 0 saturated carbocycles. The summed E-state index contributed by atoms with van der Waals surface area (Å²) < 4.78 is 14.9. The third kappa shape index (κ3) is 2.76. The van der Waals surface area contributed by atoms with Crippen LogP contribution >= 0.6 is 15.9 Å². The lowest BCUT2D eigenvalue weighted by molar-refractivity contribution is 0.177. The van der Waals surface area contributed by atoms with Gasteiger partial charge in [0.15, 0.2) is 0 Å². The molecule has 4 heteroatoms. The Morgan fingerprint density at radius 1 is 1.56 bits per heavy atom. The molecular weight excluding hydrogens is 295 g/mol. The number of rotatable bonds is 4. The third-order valence-electron chi connectivity index (χ3n) is 3.83. The summed E-state index contributed by atoms with van der Waals surface area (Å²) in [7, 11) is 0. The second kappa shape index (κ2) is 6.13. The minimum atomic E-state index is -0.157. The minimum Gasteiger partial charge on any atom is -0.329 e. The highest BCUT2D eigenvalue weighted by Gasteiger charge is 2.31. The van der Waals surface area contributed by atoms with E-state index in [1.807, 2.05) is 6.07 Å². The van der Waals surface area contributed by atoms with Crippen molar-refractivity contribution < 1.29 is 4.39 Å². The maximum Gasteiger partial charge on any atom is 0.128 e. The van der Waals surface area contributed by atoms with E-state index >= 15 is 0 Å². The van der Waals surface area contributed by atoms with Crippen molar-refractivity contribution in [2.24, 2.45) is 5.73 Å². The predicted molar refractivity (Wildman–Crippen MR) is 75.9 cm³/mol. The van der Waals surface area contributed by atoms with Crippen LogP contribution in [0.4, 0.5) is 4.39 Å². The number of nitrogens with zero attached hydrogens (tertiary/aromatic N) is 1. The maximum atomic E-state index is 14.0. The van der Waals surface area contributed by atoms with E-state index in [-0.39, 0.29) is 11.9 Å². The molecule has 1 heterocycles. The average Bonchev–Trinajstić information content (AvgIpc) is 2.83. The topological polar surface area (TPSA) is 29.3 Å². The smallest absolute Gasteiger partial charge is 0.128 e. The van der Waals surface area contributed by atoms with Crippen LogP contribution in [0.3, 0.4) is 0 Å². The van der Waals surface area contributed by atoms with Gasteiger partial charge in [-0.2, -0.15) is 0 Å². The van der Waals surface area contributed by atoms with Crippen molar-refractivity contribution in [3.8, 4) is 0 Å². The molecule has 2 rings (SSSR count). The third-order valence-corrected chi connectivity index (χ3v) is 4.33. The van der Waals surface area contributed by atoms with Gasteiger partial charge in [0.05, 0.1) is 6.04 Å². The molecule has 1 aromatic rings. The minimum absolute atomic E-state index is 0.00468. The summed E-state index contributed by atoms with van der Waals surface area (Å²) in [4.78, 5) is 2.37. The van der Waals surface area contributed by atoms with E-state index in [0.717, 1.165) is 17.4 Å². The molecule has 0 aliphatic carbocycles. The molecular formula is C14H20BrFN2. The lowest BCUT2D eigenvalue weighted by atomic mass is 10.0. The molecule has 1 saturated heterocycles. The second-order valence-electron chi connectivity index (χ2n) is 4.86. The van der Waals surface area contributed by atoms with Crippen LogP contribution in [0, 0.1) is 5.82 Å². The van der Waals surface area contributed by atoms with Crippen LogP contribution in [-0.4, -0.2) is 24.0 Å². The first kappa shape index (κ1) is 14.0. The molecule has 2 nitrogen and oxygen atoms in total. The molecule has 0 bridgehead atoms. The first-order valence-electron chi connectivity index (χ1n) is 6.58. The summed E-state index contributed by atoms with van der Waals surface area (Å²) in [5, 5.41) is 0. The Kier molecular flexibility index (Phi) is 4.76. The normalized spacial score (nSPS) is 22.3. The molecule has 1 aromatic carbocycles. The highest BCUT2D eigenvalue weighted by molar-refractivity contribution is 9.10. The van der Waals surface area contributed by atoms with Gasteiger partial charge in [-0.3, -0.25) is 4.90 Å². The fraction of sp³-hybridized carbons (Fsp3) is 0.571. The van der Waals surface area contributed by atoms with E-state index in [1.165, 1.54) is 18.9 Å². The van der Waals surface area contributed by atoms with E-state index in [9.17, 15) is 4.39 Å². The Balaban J connectivity index is 2.30. The number of hydrogen-bond donors (Lipinski definition) is 1. The van der Waals surface area contributed by atoms with E-state index < -0.39 is 0 Å². The zero-order valence-electron chi connectivity index (χ0n) is 10.7. The molecule has 1 fully saturated rings. The lowest BCUT2D eigenvalue weighted by Crippen LogP contribution is -2.37. The van der Waals surface area contributed by atoms with Gasteiger partial charge in [-0.05, 0) is 44.0 Å². The summed E-state index contributed by atoms with van der Waals surface area (Å²) in [5.41, 5.74) is 6.61. The number of halogens is 2. The van der Waals surface area contributed by atoms with Gasteiger partial charge in [0.2, 0.25) is 0 Å². The monoisotopic (exact) mass is 314 g/mol. The first-order chi connectivity index (χ1) is 8.67. The Bertz CT molecular complexity index is 411. The van der Waals surface area contributed by atoms with Gasteiger partial charge in [-0.15, -0.1) is 0 Å². The Hall–Kier alpha value is -0.450. The van der Waals surface area contributed by atoms with Crippen molar-refractivity contribution in [2.75, 3.05) is 13.1 Å². The SMILES string of the molecule is CCC1CCCN1C(CN)c1cc(Br)ccc1F. The highest BCUT2D eigenvalue weighted by atomic mass is 79.9. The molecule has 2 unspecified atom stereocenters. The van der Waals surface area contributed by atoms with E-state index in [0.29, 0.717) is 18.2 Å². The van der Waals surface area contributed by atoms with Gasteiger partial charge in [0.25, 0.3) is 0 Å². The van der Waals surface area contributed by atoms with Crippen molar-refractivity contribution in [3.63, 3.8) is 0 Å². The van der Waals surface area contributed by atoms with Crippen LogP contribution in [-0.2, 0) is 0 Å². The summed E-state index contributed by atoms with van der Waals surface area (Å²) in [6, 6.07) is 5.64. The van der Waals surface area contributed by atoms with Gasteiger partial charge in [0, 0.05) is 22.6 Å². The Labute approximate surface area is 116 Å². The largest absolute Gasteiger partial charge is 0.329 e. The van der Waals surface area contributed by atoms with Crippen molar-refractivity contribution >= 4 is 15.9 Å². The fourth-order valence-corrected chi connectivity index (χ4v) is 3.30. The summed E-state index contributed by atoms with van der Waals surface area (Å²) in [5.74, 6) is -0.157. The predicted octanol–water partition coefficient (Wildman–Crippen LogP) is 3.46. The summed E-state index contributed by atoms with van der Waals surface area (Å²) in [6.07, 6.45) is 3.49. The van der Waals surface area contributed by atoms with Crippen LogP contribution in [0.2, 0.25) is 0 Å². The number of nitrogens with two attached hydrogens (primary N) is 1. The maximum absolute atomic E-state index is 14.0. The van der Waals surface area contributed by atoms with Crippen molar-refractivity contribution in [2.45, 2.75) is 38.3 Å². The molecule has 2 N–H and O–H groups in total. The van der Waals surface area contributed by atoms with Crippen LogP contribution in [0.5, 0.6) is 0 Å². The number of hydrogen-bond acceptors (Lipinski definition) is 2. The standard InChI is InChI=1S/C14H20BrFN2/c1-2-11-4-3-7-18(11)14(9-17)12-8-10(15)5-6-13(12)16/h5-6,8,11,14H,2-4,7,9,17H2,1H3. The Morgan fingerprint density at radius 3 is 3.00 bits per heavy atom. The lowest BCUT2D eigenvalue weighted by Gasteiger charge is -2.32. The van der Waals surface area contributed by atoms with Gasteiger partial charge in [0.1, 0.15) is 5.82 Å². The van der Waals surface area contributed by atoms with Crippen molar-refractivity contribution in [1.82, 2.24) is 4.90 Å². The molecule has 0 radical (unpaired) electrons. The molecule has 0 amide bonds. The van der Waals surface area contributed by atoms with E-state index in [2.05, 4.69) is 27.8 Å². The average molecular weight is 315 g/mol. The molecule has 1 aliphatic heterocycles. The van der Waals surface area contributed by atoms with Crippen LogP contribution in [0.25, 0.3) is 0 Å². The summed E-state index contributed by atoms with van der Waals surface area (Å²) >= 11 is 3.41. The van der Waals surface area contributed by atoms with Gasteiger partial charge < -0.3 is 5.73 Å². The molecule has 2 atom stereocenters. The van der Waals surface area contributed by atoms with Crippen LogP contribution in [0.1, 0.15) is 37.8 Å². The van der Waals surface area contributed by atoms with Gasteiger partial charge in [-0.1, -0.05) is 22.9 Å². The van der Waals surface area contributed by atoms with Crippen LogP contribution < -0.4 is 5.73 Å². The molecule has 1 aliphatic rings. The first-order valence-corrected chi connectivity index (χ1v) is 7.37. The highest BCUT2D eigenvalue weighted by Crippen LogP contribution is 2.32. The summed E-state index contributed by atoms with van der Waals surface area (Å²) in [6.45, 7) is 3.67. The van der Waals surface area contributed by atoms with Crippen molar-refractivity contribution in [1.29, 1.82) is 0 Å². The number of benzene rings is 1. The Morgan fingerprint density at radius 2 is 2.33 bits per heavy atom. The number of likely N-dealkylation sites (tertiary alicyclic amines) is 1. The van der Waals surface area contributed by atoms with E-state index in [4.69, 9.17) is 5.73 Å². The van der Waals surface area contributed by atoms with E-state index in [1.54, 1.807) is 6.07 Å². The second-order valence-corrected chi connectivity index (χ2v) is 5.78. The van der Waals surface area contributed by atoms with Gasteiger partial charge in [-0.25, -0.2) is 4.39 Å². The molecule has 100 valence electrons. The quantitative estimate of drug-likeness (QED) is 0.922. The van der Waals surface area contributed by atoms with Crippen molar-refractivity contribution in [3.05, 3.63) is 34.1 Å².